The van der Waals surface area contributed by atoms with E-state index in [2.05, 4.69) is 16.7 Å². The summed E-state index contributed by atoms with van der Waals surface area (Å²) in [5.41, 5.74) is 1.28. The van der Waals surface area contributed by atoms with E-state index < -0.39 is 29.9 Å². The van der Waals surface area contributed by atoms with Gasteiger partial charge in [0.25, 0.3) is 0 Å². The summed E-state index contributed by atoms with van der Waals surface area (Å²) in [5.74, 6) is -1.08. The molecule has 1 aromatic heterocycles. The summed E-state index contributed by atoms with van der Waals surface area (Å²) in [4.78, 5) is 12.9. The highest BCUT2D eigenvalue weighted by Crippen LogP contribution is 2.41. The van der Waals surface area contributed by atoms with E-state index in [4.69, 9.17) is 9.47 Å². The normalized spacial score (nSPS) is 31.9. The topological polar surface area (TPSA) is 101 Å². The van der Waals surface area contributed by atoms with Gasteiger partial charge in [-0.1, -0.05) is 13.8 Å². The second-order valence-corrected chi connectivity index (χ2v) is 10.0. The Bertz CT molecular complexity index is 895. The van der Waals surface area contributed by atoms with Crippen LogP contribution in [0, 0.1) is 5.92 Å². The second kappa shape index (κ2) is 8.57. The van der Waals surface area contributed by atoms with Crippen LogP contribution in [0.4, 0.5) is 0 Å². The summed E-state index contributed by atoms with van der Waals surface area (Å²) in [6.45, 7) is 8.37. The number of quaternary nitrogens is 1. The highest BCUT2D eigenvalue weighted by atomic mass is 16.6. The number of methoxy groups -OCH3 is 1. The molecule has 1 fully saturated rings. The Morgan fingerprint density at radius 2 is 2.06 bits per heavy atom. The lowest BCUT2D eigenvalue weighted by molar-refractivity contribution is -0.938. The molecule has 4 heterocycles. The van der Waals surface area contributed by atoms with Crippen molar-refractivity contribution >= 4 is 5.97 Å². The van der Waals surface area contributed by atoms with Crippen LogP contribution in [0.5, 0.6) is 0 Å². The number of rotatable bonds is 8. The summed E-state index contributed by atoms with van der Waals surface area (Å²) in [5, 5.41) is 32.2. The van der Waals surface area contributed by atoms with Crippen LogP contribution in [0.3, 0.4) is 0 Å². The zero-order chi connectivity index (χ0) is 23.3. The smallest absolute Gasteiger partial charge is 0.341 e. The van der Waals surface area contributed by atoms with Gasteiger partial charge in [0.15, 0.2) is 5.60 Å². The minimum Gasteiger partial charge on any atom is -0.459 e. The van der Waals surface area contributed by atoms with Crippen molar-refractivity contribution in [2.45, 2.75) is 76.7 Å². The lowest BCUT2D eigenvalue weighted by Gasteiger charge is -2.37. The Hall–Kier alpha value is -1.71. The summed E-state index contributed by atoms with van der Waals surface area (Å²) in [7, 11) is 1.46. The van der Waals surface area contributed by atoms with E-state index in [-0.39, 0.29) is 18.6 Å². The summed E-state index contributed by atoms with van der Waals surface area (Å²) >= 11 is 0. The maximum Gasteiger partial charge on any atom is 0.341 e. The van der Waals surface area contributed by atoms with Gasteiger partial charge < -0.3 is 33.8 Å². The van der Waals surface area contributed by atoms with E-state index in [0.717, 1.165) is 49.4 Å². The monoisotopic (exact) mass is 449 g/mol. The van der Waals surface area contributed by atoms with Gasteiger partial charge in [0.2, 0.25) is 0 Å². The van der Waals surface area contributed by atoms with Gasteiger partial charge in [-0.2, -0.15) is 0 Å². The van der Waals surface area contributed by atoms with Crippen molar-refractivity contribution in [1.29, 1.82) is 0 Å². The maximum atomic E-state index is 12.9. The molecular formula is C24H37N2O6+. The van der Waals surface area contributed by atoms with E-state index >= 15 is 0 Å². The van der Waals surface area contributed by atoms with Gasteiger partial charge in [-0.3, -0.25) is 0 Å². The summed E-state index contributed by atoms with van der Waals surface area (Å²) in [6.07, 6.45) is 3.89. The minimum absolute atomic E-state index is 0.0442. The number of carbonyl (C=O) groups is 1. The predicted molar refractivity (Wildman–Crippen MR) is 117 cm³/mol. The third kappa shape index (κ3) is 3.62. The Morgan fingerprint density at radius 1 is 1.31 bits per heavy atom. The van der Waals surface area contributed by atoms with Crippen molar-refractivity contribution in [3.8, 4) is 0 Å². The number of aromatic nitrogens is 1. The maximum absolute atomic E-state index is 12.9. The number of fused-ring (bicyclic) bond motifs is 2. The van der Waals surface area contributed by atoms with E-state index in [1.54, 1.807) is 20.8 Å². The van der Waals surface area contributed by atoms with Crippen molar-refractivity contribution in [3.05, 3.63) is 35.2 Å². The molecule has 8 nitrogen and oxygen atoms in total. The molecule has 3 N–H and O–H groups in total. The molecule has 6 atom stereocenters. The van der Waals surface area contributed by atoms with Crippen molar-refractivity contribution in [2.75, 3.05) is 26.8 Å². The molecule has 3 aliphatic rings. The lowest BCUT2D eigenvalue weighted by Crippen LogP contribution is -2.54. The van der Waals surface area contributed by atoms with E-state index in [0.29, 0.717) is 10.9 Å². The van der Waals surface area contributed by atoms with Crippen molar-refractivity contribution in [1.82, 2.24) is 4.57 Å². The number of ether oxygens (including phenoxy) is 2. The molecule has 0 bridgehead atoms. The number of nitrogens with zero attached hydrogens (tertiary/aromatic N) is 2. The van der Waals surface area contributed by atoms with Crippen molar-refractivity contribution in [2.24, 2.45) is 5.92 Å². The molecule has 0 radical (unpaired) electrons. The molecule has 6 unspecified atom stereocenters. The lowest BCUT2D eigenvalue weighted by atomic mass is 9.85. The molecule has 0 spiro atoms. The quantitative estimate of drug-likeness (QED) is 0.314. The number of carbonyl (C=O) groups excluding carboxylic acids is 1. The molecule has 0 amide bonds. The van der Waals surface area contributed by atoms with Crippen LogP contribution in [-0.2, 0) is 27.4 Å². The third-order valence-corrected chi connectivity index (χ3v) is 8.01. The Labute approximate surface area is 189 Å². The van der Waals surface area contributed by atoms with Gasteiger partial charge in [-0.05, 0) is 31.4 Å². The van der Waals surface area contributed by atoms with Gasteiger partial charge in [0.05, 0.1) is 31.0 Å². The molecule has 1 aromatic rings. The highest BCUT2D eigenvalue weighted by Gasteiger charge is 2.54. The fourth-order valence-corrected chi connectivity index (χ4v) is 5.98. The first kappa shape index (κ1) is 23.4. The van der Waals surface area contributed by atoms with Gasteiger partial charge >= 0.3 is 5.97 Å². The molecule has 8 heteroatoms. The Balaban J connectivity index is 1.49. The predicted octanol–water partition coefficient (Wildman–Crippen LogP) is 1.28. The number of hydrogen-bond acceptors (Lipinski definition) is 6. The van der Waals surface area contributed by atoms with Crippen LogP contribution >= 0.6 is 0 Å². The fraction of sp³-hybridized carbons (Fsp3) is 0.708. The number of aliphatic hydroxyl groups excluding tert-OH is 2. The average Bonchev–Trinajstić information content (AvgIpc) is 3.50. The second-order valence-electron chi connectivity index (χ2n) is 10.0. The molecule has 0 aliphatic carbocycles. The van der Waals surface area contributed by atoms with Gasteiger partial charge in [-0.25, -0.2) is 4.79 Å². The molecule has 4 rings (SSSR count). The first-order valence-corrected chi connectivity index (χ1v) is 11.6. The number of aliphatic hydroxyl groups is 3. The average molecular weight is 450 g/mol. The third-order valence-electron chi connectivity index (χ3n) is 8.01. The SMILES string of the molecule is COC(C)C(O)(C(=O)OCC1=CC[N+]2(Cc3ccn4c3C(O)CC4)CCC(O)C12)C(C)C. The van der Waals surface area contributed by atoms with Crippen LogP contribution in [0.1, 0.15) is 51.0 Å². The summed E-state index contributed by atoms with van der Waals surface area (Å²) < 4.78 is 13.6. The Morgan fingerprint density at radius 3 is 2.75 bits per heavy atom. The summed E-state index contributed by atoms with van der Waals surface area (Å²) in [6, 6.07) is 1.93. The van der Waals surface area contributed by atoms with E-state index in [9.17, 15) is 20.1 Å². The number of esters is 1. The molecule has 3 aliphatic heterocycles. The number of hydrogen-bond donors (Lipinski definition) is 3. The van der Waals surface area contributed by atoms with Gasteiger partial charge in [0.1, 0.15) is 25.3 Å². The van der Waals surface area contributed by atoms with Crippen LogP contribution in [0.15, 0.2) is 23.9 Å². The van der Waals surface area contributed by atoms with E-state index in [1.807, 2.05) is 6.20 Å². The molecule has 32 heavy (non-hydrogen) atoms. The van der Waals surface area contributed by atoms with Crippen LogP contribution in [-0.4, -0.2) is 81.0 Å². The largest absolute Gasteiger partial charge is 0.459 e. The van der Waals surface area contributed by atoms with Gasteiger partial charge in [0, 0.05) is 37.4 Å². The molecule has 178 valence electrons. The van der Waals surface area contributed by atoms with Gasteiger partial charge in [-0.15, -0.1) is 0 Å². The fourth-order valence-electron chi connectivity index (χ4n) is 5.98. The first-order valence-electron chi connectivity index (χ1n) is 11.6. The highest BCUT2D eigenvalue weighted by molar-refractivity contribution is 5.80. The first-order chi connectivity index (χ1) is 15.1. The standard InChI is InChI=1S/C24H37N2O6/c1-15(2)24(30,16(3)31-4)23(29)32-14-18-7-11-26(12-8-20(28)22(18)26)13-17-5-9-25-10-6-19(27)21(17)25/h5,7,9,15-16,19-20,22,27-28,30H,6,8,10-14H2,1-4H3/q+1. The van der Waals surface area contributed by atoms with Crippen LogP contribution in [0.2, 0.25) is 0 Å². The van der Waals surface area contributed by atoms with Crippen molar-refractivity contribution < 1.29 is 34.1 Å². The van der Waals surface area contributed by atoms with Crippen LogP contribution in [0.25, 0.3) is 0 Å². The van der Waals surface area contributed by atoms with Crippen LogP contribution < -0.4 is 0 Å². The Kier molecular flexibility index (Phi) is 6.28. The molecule has 0 aromatic carbocycles. The molecular weight excluding hydrogens is 412 g/mol. The van der Waals surface area contributed by atoms with E-state index in [1.165, 1.54) is 7.11 Å². The van der Waals surface area contributed by atoms with Crippen molar-refractivity contribution in [3.63, 3.8) is 0 Å². The zero-order valence-electron chi connectivity index (χ0n) is 19.5. The number of aryl methyl sites for hydroxylation is 1. The zero-order valence-corrected chi connectivity index (χ0v) is 19.5. The molecule has 1 saturated heterocycles. The minimum atomic E-state index is -1.74. The molecule has 0 saturated carbocycles.